The Hall–Kier alpha value is -1.36. The lowest BCUT2D eigenvalue weighted by molar-refractivity contribution is -0.120. The summed E-state index contributed by atoms with van der Waals surface area (Å²) in [4.78, 5) is 16.2. The first-order valence-corrected chi connectivity index (χ1v) is 6.42. The van der Waals surface area contributed by atoms with E-state index in [1.807, 2.05) is 24.3 Å². The molecule has 1 aromatic carbocycles. The van der Waals surface area contributed by atoms with Crippen molar-refractivity contribution in [3.8, 4) is 0 Å². The number of aliphatic imine (C=N–C) groups is 1. The van der Waals surface area contributed by atoms with Crippen molar-refractivity contribution < 1.29 is 4.79 Å². The van der Waals surface area contributed by atoms with E-state index >= 15 is 0 Å². The SMILES string of the molecule is O=C1NC(NC2CC2)=NC1c1ccc(Br)cc1. The first-order valence-electron chi connectivity index (χ1n) is 5.63. The van der Waals surface area contributed by atoms with Crippen LogP contribution in [0.5, 0.6) is 0 Å². The van der Waals surface area contributed by atoms with E-state index in [-0.39, 0.29) is 5.91 Å². The lowest BCUT2D eigenvalue weighted by Gasteiger charge is -2.03. The zero-order valence-corrected chi connectivity index (χ0v) is 10.7. The van der Waals surface area contributed by atoms with E-state index in [0.717, 1.165) is 22.9 Å². The molecule has 2 aliphatic rings. The van der Waals surface area contributed by atoms with E-state index in [2.05, 4.69) is 31.6 Å². The number of halogens is 1. The number of rotatable bonds is 2. The van der Waals surface area contributed by atoms with Crippen molar-refractivity contribution in [2.24, 2.45) is 4.99 Å². The average molecular weight is 294 g/mol. The van der Waals surface area contributed by atoms with Crippen molar-refractivity contribution in [2.75, 3.05) is 0 Å². The van der Waals surface area contributed by atoms with Crippen LogP contribution in [0.15, 0.2) is 33.7 Å². The summed E-state index contributed by atoms with van der Waals surface area (Å²) in [6.07, 6.45) is 2.33. The number of nitrogens with one attached hydrogen (secondary N) is 2. The number of guanidine groups is 1. The highest BCUT2D eigenvalue weighted by atomic mass is 79.9. The number of amides is 1. The molecule has 4 nitrogen and oxygen atoms in total. The number of nitrogens with zero attached hydrogens (tertiary/aromatic N) is 1. The van der Waals surface area contributed by atoms with Gasteiger partial charge in [0.2, 0.25) is 0 Å². The van der Waals surface area contributed by atoms with Gasteiger partial charge in [0.25, 0.3) is 5.91 Å². The Labute approximate surface area is 108 Å². The van der Waals surface area contributed by atoms with Crippen molar-refractivity contribution in [2.45, 2.75) is 24.9 Å². The van der Waals surface area contributed by atoms with Crippen molar-refractivity contribution in [1.82, 2.24) is 10.6 Å². The van der Waals surface area contributed by atoms with E-state index < -0.39 is 6.04 Å². The lowest BCUT2D eigenvalue weighted by Crippen LogP contribution is -2.37. The van der Waals surface area contributed by atoms with Gasteiger partial charge in [0.05, 0.1) is 0 Å². The van der Waals surface area contributed by atoms with Crippen molar-refractivity contribution in [3.05, 3.63) is 34.3 Å². The fourth-order valence-corrected chi connectivity index (χ4v) is 2.03. The van der Waals surface area contributed by atoms with Crippen LogP contribution in [-0.2, 0) is 4.79 Å². The predicted molar refractivity (Wildman–Crippen MR) is 68.6 cm³/mol. The fraction of sp³-hybridized carbons (Fsp3) is 0.333. The number of hydrogen-bond acceptors (Lipinski definition) is 3. The van der Waals surface area contributed by atoms with Crippen LogP contribution in [0.25, 0.3) is 0 Å². The summed E-state index contributed by atoms with van der Waals surface area (Å²) in [5.74, 6) is 0.556. The molecule has 1 amide bonds. The van der Waals surface area contributed by atoms with E-state index in [1.54, 1.807) is 0 Å². The normalized spacial score (nSPS) is 23.2. The Morgan fingerprint density at radius 1 is 1.29 bits per heavy atom. The van der Waals surface area contributed by atoms with Gasteiger partial charge in [-0.25, -0.2) is 4.99 Å². The molecule has 0 spiro atoms. The zero-order chi connectivity index (χ0) is 11.8. The molecule has 1 atom stereocenters. The van der Waals surface area contributed by atoms with Crippen LogP contribution in [0, 0.1) is 0 Å². The maximum Gasteiger partial charge on any atom is 0.256 e. The highest BCUT2D eigenvalue weighted by Gasteiger charge is 2.31. The van der Waals surface area contributed by atoms with E-state index in [9.17, 15) is 4.79 Å². The lowest BCUT2D eigenvalue weighted by atomic mass is 10.1. The van der Waals surface area contributed by atoms with Crippen LogP contribution in [0.1, 0.15) is 24.4 Å². The molecule has 0 bridgehead atoms. The minimum Gasteiger partial charge on any atom is -0.353 e. The second kappa shape index (κ2) is 4.14. The van der Waals surface area contributed by atoms with Gasteiger partial charge in [-0.05, 0) is 30.5 Å². The van der Waals surface area contributed by atoms with Gasteiger partial charge in [0, 0.05) is 10.5 Å². The molecule has 1 aliphatic heterocycles. The summed E-state index contributed by atoms with van der Waals surface area (Å²) >= 11 is 3.37. The van der Waals surface area contributed by atoms with Crippen LogP contribution in [0.3, 0.4) is 0 Å². The highest BCUT2D eigenvalue weighted by molar-refractivity contribution is 9.10. The summed E-state index contributed by atoms with van der Waals surface area (Å²) in [6, 6.07) is 7.76. The van der Waals surface area contributed by atoms with E-state index in [0.29, 0.717) is 12.0 Å². The van der Waals surface area contributed by atoms with Gasteiger partial charge < -0.3 is 5.32 Å². The van der Waals surface area contributed by atoms with E-state index in [1.165, 1.54) is 0 Å². The standard InChI is InChI=1S/C12H12BrN3O/c13-8-3-1-7(2-4-8)10-11(17)16-12(15-10)14-9-5-6-9/h1-4,9-10H,5-6H2,(H2,14,15,16,17). The molecule has 3 rings (SSSR count). The summed E-state index contributed by atoms with van der Waals surface area (Å²) < 4.78 is 1.000. The minimum absolute atomic E-state index is 0.0597. The Bertz CT molecular complexity index is 479. The molecule has 1 saturated carbocycles. The van der Waals surface area contributed by atoms with E-state index in [4.69, 9.17) is 0 Å². The van der Waals surface area contributed by atoms with Gasteiger partial charge in [-0.2, -0.15) is 0 Å². The Morgan fingerprint density at radius 2 is 2.00 bits per heavy atom. The molecule has 0 saturated heterocycles. The molecule has 1 unspecified atom stereocenters. The third-order valence-corrected chi connectivity index (χ3v) is 3.38. The van der Waals surface area contributed by atoms with Crippen molar-refractivity contribution >= 4 is 27.8 Å². The third-order valence-electron chi connectivity index (χ3n) is 2.85. The maximum absolute atomic E-state index is 11.8. The predicted octanol–water partition coefficient (Wildman–Crippen LogP) is 1.73. The summed E-state index contributed by atoms with van der Waals surface area (Å²) in [5, 5.41) is 5.98. The molecule has 2 N–H and O–H groups in total. The largest absolute Gasteiger partial charge is 0.353 e. The summed E-state index contributed by atoms with van der Waals surface area (Å²) in [7, 11) is 0. The molecule has 1 fully saturated rings. The monoisotopic (exact) mass is 293 g/mol. The second-order valence-corrected chi connectivity index (χ2v) is 5.26. The van der Waals surface area contributed by atoms with Gasteiger partial charge in [-0.1, -0.05) is 28.1 Å². The van der Waals surface area contributed by atoms with Crippen LogP contribution in [0.2, 0.25) is 0 Å². The molecule has 17 heavy (non-hydrogen) atoms. The number of carbonyl (C=O) groups excluding carboxylic acids is 1. The smallest absolute Gasteiger partial charge is 0.256 e. The molecular weight excluding hydrogens is 282 g/mol. The zero-order valence-electron chi connectivity index (χ0n) is 9.11. The second-order valence-electron chi connectivity index (χ2n) is 4.34. The summed E-state index contributed by atoms with van der Waals surface area (Å²) in [5.41, 5.74) is 0.915. The van der Waals surface area contributed by atoms with Crippen LogP contribution in [0.4, 0.5) is 0 Å². The number of benzene rings is 1. The van der Waals surface area contributed by atoms with Gasteiger partial charge in [0.1, 0.15) is 0 Å². The minimum atomic E-state index is -0.413. The Balaban J connectivity index is 1.79. The Morgan fingerprint density at radius 3 is 2.65 bits per heavy atom. The van der Waals surface area contributed by atoms with Crippen molar-refractivity contribution in [1.29, 1.82) is 0 Å². The molecule has 5 heteroatoms. The maximum atomic E-state index is 11.8. The first kappa shape index (κ1) is 10.8. The Kier molecular flexibility index (Phi) is 2.63. The number of carbonyl (C=O) groups is 1. The first-order chi connectivity index (χ1) is 8.22. The number of hydrogen-bond donors (Lipinski definition) is 2. The molecule has 1 aromatic rings. The third kappa shape index (κ3) is 2.34. The van der Waals surface area contributed by atoms with Crippen LogP contribution in [-0.4, -0.2) is 17.9 Å². The molecule has 88 valence electrons. The quantitative estimate of drug-likeness (QED) is 0.872. The molecule has 1 heterocycles. The molecule has 0 radical (unpaired) electrons. The van der Waals surface area contributed by atoms with Gasteiger partial charge >= 0.3 is 0 Å². The topological polar surface area (TPSA) is 53.5 Å². The summed E-state index contributed by atoms with van der Waals surface area (Å²) in [6.45, 7) is 0. The molecule has 0 aromatic heterocycles. The highest BCUT2D eigenvalue weighted by Crippen LogP contribution is 2.24. The van der Waals surface area contributed by atoms with Gasteiger partial charge in [-0.15, -0.1) is 0 Å². The van der Waals surface area contributed by atoms with Gasteiger partial charge in [-0.3, -0.25) is 10.1 Å². The fourth-order valence-electron chi connectivity index (χ4n) is 1.77. The van der Waals surface area contributed by atoms with Crippen molar-refractivity contribution in [3.63, 3.8) is 0 Å². The molecule has 1 aliphatic carbocycles. The van der Waals surface area contributed by atoms with Crippen LogP contribution < -0.4 is 10.6 Å². The van der Waals surface area contributed by atoms with Crippen LogP contribution >= 0.6 is 15.9 Å². The van der Waals surface area contributed by atoms with Gasteiger partial charge in [0.15, 0.2) is 12.0 Å². The average Bonchev–Trinajstić information content (AvgIpc) is 3.03. The molecular formula is C12H12BrN3O.